The monoisotopic (exact) mass is 314 g/mol. The summed E-state index contributed by atoms with van der Waals surface area (Å²) in [5, 5.41) is 3.22. The lowest BCUT2D eigenvalue weighted by Gasteiger charge is -2.27. The molecule has 6 heteroatoms. The molecule has 120 valence electrons. The molecule has 0 atom stereocenters. The molecule has 0 spiro atoms. The fourth-order valence-corrected chi connectivity index (χ4v) is 2.53. The molecule has 6 nitrogen and oxygen atoms in total. The number of piperazine rings is 1. The molecular weight excluding hydrogens is 296 g/mol. The first-order valence-corrected chi connectivity index (χ1v) is 7.47. The van der Waals surface area contributed by atoms with E-state index in [1.54, 1.807) is 24.3 Å². The topological polar surface area (TPSA) is 71.8 Å². The van der Waals surface area contributed by atoms with Crippen molar-refractivity contribution < 1.29 is 18.7 Å². The summed E-state index contributed by atoms with van der Waals surface area (Å²) in [7, 11) is 1.31. The van der Waals surface area contributed by atoms with Gasteiger partial charge in [-0.1, -0.05) is 12.1 Å². The van der Waals surface area contributed by atoms with E-state index in [0.717, 1.165) is 31.7 Å². The fourth-order valence-electron chi connectivity index (χ4n) is 2.53. The van der Waals surface area contributed by atoms with Crippen LogP contribution in [0.2, 0.25) is 0 Å². The maximum Gasteiger partial charge on any atom is 0.373 e. The van der Waals surface area contributed by atoms with E-state index in [4.69, 9.17) is 4.42 Å². The van der Waals surface area contributed by atoms with E-state index >= 15 is 0 Å². The Labute approximate surface area is 134 Å². The van der Waals surface area contributed by atoms with Gasteiger partial charge < -0.3 is 19.4 Å². The Hall–Kier alpha value is -2.60. The van der Waals surface area contributed by atoms with Gasteiger partial charge in [0.05, 0.1) is 7.11 Å². The van der Waals surface area contributed by atoms with Crippen molar-refractivity contribution in [1.29, 1.82) is 0 Å². The average Bonchev–Trinajstić information content (AvgIpc) is 3.11. The summed E-state index contributed by atoms with van der Waals surface area (Å²) in [5.74, 6) is 0.240. The average molecular weight is 314 g/mol. The van der Waals surface area contributed by atoms with Crippen molar-refractivity contribution in [3.8, 4) is 11.3 Å². The van der Waals surface area contributed by atoms with Crippen LogP contribution in [0.5, 0.6) is 0 Å². The largest absolute Gasteiger partial charge is 0.463 e. The first kappa shape index (κ1) is 15.3. The fraction of sp³-hybridized carbons (Fsp3) is 0.294. The summed E-state index contributed by atoms with van der Waals surface area (Å²) >= 11 is 0. The van der Waals surface area contributed by atoms with Crippen molar-refractivity contribution in [3.63, 3.8) is 0 Å². The molecule has 0 aliphatic carbocycles. The first-order valence-electron chi connectivity index (χ1n) is 7.47. The van der Waals surface area contributed by atoms with Crippen LogP contribution in [0.1, 0.15) is 20.9 Å². The van der Waals surface area contributed by atoms with Gasteiger partial charge in [-0.3, -0.25) is 4.79 Å². The Morgan fingerprint density at radius 2 is 1.78 bits per heavy atom. The van der Waals surface area contributed by atoms with Crippen molar-refractivity contribution in [1.82, 2.24) is 10.2 Å². The predicted octanol–water partition coefficient (Wildman–Crippen LogP) is 1.78. The molecule has 1 fully saturated rings. The van der Waals surface area contributed by atoms with Gasteiger partial charge in [-0.15, -0.1) is 0 Å². The summed E-state index contributed by atoms with van der Waals surface area (Å²) in [6.07, 6.45) is 0. The second-order valence-electron chi connectivity index (χ2n) is 5.28. The molecule has 1 aliphatic rings. The third kappa shape index (κ3) is 3.27. The zero-order valence-electron chi connectivity index (χ0n) is 12.9. The zero-order chi connectivity index (χ0) is 16.2. The Balaban J connectivity index is 1.75. The summed E-state index contributed by atoms with van der Waals surface area (Å²) in [6, 6.07) is 10.5. The predicted molar refractivity (Wildman–Crippen MR) is 84.3 cm³/mol. The van der Waals surface area contributed by atoms with E-state index in [1.165, 1.54) is 7.11 Å². The molecule has 23 heavy (non-hydrogen) atoms. The van der Waals surface area contributed by atoms with Crippen LogP contribution in [-0.4, -0.2) is 50.1 Å². The maximum atomic E-state index is 12.4. The number of esters is 1. The van der Waals surface area contributed by atoms with Gasteiger partial charge in [-0.25, -0.2) is 4.79 Å². The molecule has 0 unspecified atom stereocenters. The number of methoxy groups -OCH3 is 1. The number of amides is 1. The van der Waals surface area contributed by atoms with E-state index in [2.05, 4.69) is 10.1 Å². The summed E-state index contributed by atoms with van der Waals surface area (Å²) in [6.45, 7) is 3.10. The van der Waals surface area contributed by atoms with Crippen LogP contribution in [0.4, 0.5) is 0 Å². The SMILES string of the molecule is COC(=O)c1ccc(-c2ccc(C(=O)N3CCNCC3)cc2)o1. The number of nitrogens with zero attached hydrogens (tertiary/aromatic N) is 1. The zero-order valence-corrected chi connectivity index (χ0v) is 12.9. The van der Waals surface area contributed by atoms with Crippen molar-refractivity contribution in [2.45, 2.75) is 0 Å². The molecule has 1 amide bonds. The minimum atomic E-state index is -0.512. The second-order valence-corrected chi connectivity index (χ2v) is 5.28. The normalized spacial score (nSPS) is 14.6. The number of benzene rings is 1. The third-order valence-electron chi connectivity index (χ3n) is 3.81. The van der Waals surface area contributed by atoms with Crippen LogP contribution in [0.3, 0.4) is 0 Å². The molecule has 2 heterocycles. The maximum absolute atomic E-state index is 12.4. The molecule has 1 saturated heterocycles. The lowest BCUT2D eigenvalue weighted by Crippen LogP contribution is -2.46. The van der Waals surface area contributed by atoms with Gasteiger partial charge in [-0.05, 0) is 24.3 Å². The van der Waals surface area contributed by atoms with Crippen molar-refractivity contribution in [2.75, 3.05) is 33.3 Å². The lowest BCUT2D eigenvalue weighted by molar-refractivity contribution is 0.0566. The van der Waals surface area contributed by atoms with E-state index < -0.39 is 5.97 Å². The number of furan rings is 1. The lowest BCUT2D eigenvalue weighted by atomic mass is 10.1. The van der Waals surface area contributed by atoms with Gasteiger partial charge >= 0.3 is 5.97 Å². The highest BCUT2D eigenvalue weighted by Gasteiger charge is 2.18. The Morgan fingerprint density at radius 3 is 2.43 bits per heavy atom. The van der Waals surface area contributed by atoms with E-state index in [0.29, 0.717) is 11.3 Å². The van der Waals surface area contributed by atoms with Crippen molar-refractivity contribution in [2.24, 2.45) is 0 Å². The van der Waals surface area contributed by atoms with Crippen molar-refractivity contribution >= 4 is 11.9 Å². The summed E-state index contributed by atoms with van der Waals surface area (Å²) < 4.78 is 10.1. The molecule has 2 aromatic rings. The number of carbonyl (C=O) groups is 2. The Bertz CT molecular complexity index is 700. The molecule has 1 N–H and O–H groups in total. The minimum absolute atomic E-state index is 0.0349. The number of hydrogen-bond acceptors (Lipinski definition) is 5. The molecule has 3 rings (SSSR count). The first-order chi connectivity index (χ1) is 11.2. The van der Waals surface area contributed by atoms with Crippen molar-refractivity contribution in [3.05, 3.63) is 47.7 Å². The molecule has 1 aliphatic heterocycles. The highest BCUT2D eigenvalue weighted by Crippen LogP contribution is 2.23. The van der Waals surface area contributed by atoms with E-state index in [1.807, 2.05) is 17.0 Å². The molecule has 1 aromatic heterocycles. The van der Waals surface area contributed by atoms with E-state index in [9.17, 15) is 9.59 Å². The molecular formula is C17H18N2O4. The number of hydrogen-bond donors (Lipinski definition) is 1. The van der Waals surface area contributed by atoms with Gasteiger partial charge in [-0.2, -0.15) is 0 Å². The van der Waals surface area contributed by atoms with Gasteiger partial charge in [0.15, 0.2) is 0 Å². The number of ether oxygens (including phenoxy) is 1. The molecule has 1 aromatic carbocycles. The van der Waals surface area contributed by atoms with Gasteiger partial charge in [0, 0.05) is 37.3 Å². The molecule has 0 radical (unpaired) electrons. The van der Waals surface area contributed by atoms with E-state index in [-0.39, 0.29) is 11.7 Å². The number of rotatable bonds is 3. The van der Waals surface area contributed by atoms with Crippen LogP contribution in [-0.2, 0) is 4.74 Å². The highest BCUT2D eigenvalue weighted by atomic mass is 16.5. The minimum Gasteiger partial charge on any atom is -0.463 e. The quantitative estimate of drug-likeness (QED) is 0.874. The summed E-state index contributed by atoms with van der Waals surface area (Å²) in [4.78, 5) is 25.6. The smallest absolute Gasteiger partial charge is 0.373 e. The molecule has 0 saturated carbocycles. The Kier molecular flexibility index (Phi) is 4.43. The highest BCUT2D eigenvalue weighted by molar-refractivity contribution is 5.94. The van der Waals surface area contributed by atoms with Crippen LogP contribution in [0.15, 0.2) is 40.8 Å². The standard InChI is InChI=1S/C17H18N2O4/c1-22-17(21)15-7-6-14(23-15)12-2-4-13(5-3-12)16(20)19-10-8-18-9-11-19/h2-7,18H,8-11H2,1H3. The second kappa shape index (κ2) is 6.66. The van der Waals surface area contributed by atoms with Gasteiger partial charge in [0.25, 0.3) is 5.91 Å². The number of carbonyl (C=O) groups excluding carboxylic acids is 2. The van der Waals surface area contributed by atoms with Crippen LogP contribution < -0.4 is 5.32 Å². The molecule has 0 bridgehead atoms. The van der Waals surface area contributed by atoms with Crippen LogP contribution in [0.25, 0.3) is 11.3 Å². The number of nitrogens with one attached hydrogen (secondary N) is 1. The Morgan fingerprint density at radius 1 is 1.09 bits per heavy atom. The van der Waals surface area contributed by atoms with Crippen LogP contribution in [0, 0.1) is 0 Å². The van der Waals surface area contributed by atoms with Crippen LogP contribution >= 0.6 is 0 Å². The third-order valence-corrected chi connectivity index (χ3v) is 3.81. The summed E-state index contributed by atoms with van der Waals surface area (Å²) in [5.41, 5.74) is 1.45. The van der Waals surface area contributed by atoms with Gasteiger partial charge in [0.1, 0.15) is 5.76 Å². The van der Waals surface area contributed by atoms with Gasteiger partial charge in [0.2, 0.25) is 5.76 Å².